The number of nitrogens with zero attached hydrogens (tertiary/aromatic N) is 3. The molecule has 1 aromatic carbocycles. The number of hydrogen-bond acceptors (Lipinski definition) is 3. The van der Waals surface area contributed by atoms with Gasteiger partial charge in [0.2, 0.25) is 0 Å². The third-order valence-electron chi connectivity index (χ3n) is 8.41. The molecular weight excluding hydrogens is 384 g/mol. The number of amides is 1. The van der Waals surface area contributed by atoms with Crippen LogP contribution in [0.1, 0.15) is 75.1 Å². The normalized spacial score (nSPS) is 33.0. The molecule has 31 heavy (non-hydrogen) atoms. The van der Waals surface area contributed by atoms with Crippen molar-refractivity contribution < 1.29 is 4.79 Å². The highest BCUT2D eigenvalue weighted by Crippen LogP contribution is 2.56. The smallest absolute Gasteiger partial charge is 0.274 e. The van der Waals surface area contributed by atoms with Crippen LogP contribution in [0.4, 0.5) is 0 Å². The van der Waals surface area contributed by atoms with Gasteiger partial charge in [0.25, 0.3) is 5.91 Å². The molecule has 3 heterocycles. The third-order valence-corrected chi connectivity index (χ3v) is 8.41. The number of benzene rings is 1. The standard InChI is InChI=1S/C26H36N4O/c1-25(2,3)21-15-18(27-28-21)24(31)30-19(14-17-10-7-6-8-11-17)20-16-26(4)22(29(20)5)12-9-13-23(26)30/h6-8,10-11,15,19-20,22-23H,9,12-14,16H2,1-5H3,(H,27,28)/t19-,20-,22-,23+,26-/m0/s1. The maximum atomic E-state index is 14.0. The monoisotopic (exact) mass is 420 g/mol. The first-order valence-electron chi connectivity index (χ1n) is 11.8. The fourth-order valence-electron chi connectivity index (χ4n) is 6.76. The van der Waals surface area contributed by atoms with Gasteiger partial charge in [-0.1, -0.05) is 58.0 Å². The lowest BCUT2D eigenvalue weighted by atomic mass is 9.64. The topological polar surface area (TPSA) is 52.2 Å². The van der Waals surface area contributed by atoms with E-state index in [2.05, 4.69) is 85.1 Å². The molecule has 3 aliphatic rings. The van der Waals surface area contributed by atoms with Crippen LogP contribution in [-0.2, 0) is 11.8 Å². The number of fused-ring (bicyclic) bond motifs is 1. The van der Waals surface area contributed by atoms with E-state index in [-0.39, 0.29) is 28.8 Å². The van der Waals surface area contributed by atoms with Gasteiger partial charge in [0, 0.05) is 34.6 Å². The van der Waals surface area contributed by atoms with Gasteiger partial charge in [0.05, 0.1) is 6.04 Å². The average molecular weight is 421 g/mol. The molecule has 1 amide bonds. The Kier molecular flexibility index (Phi) is 4.81. The molecule has 5 heteroatoms. The summed E-state index contributed by atoms with van der Waals surface area (Å²) in [6.45, 7) is 8.88. The summed E-state index contributed by atoms with van der Waals surface area (Å²) in [6, 6.07) is 14.1. The summed E-state index contributed by atoms with van der Waals surface area (Å²) in [6.07, 6.45) is 5.63. The van der Waals surface area contributed by atoms with Gasteiger partial charge in [-0.2, -0.15) is 5.10 Å². The number of likely N-dealkylation sites (tertiary alicyclic amines) is 2. The molecular formula is C26H36N4O. The Morgan fingerprint density at radius 1 is 1.19 bits per heavy atom. The molecule has 2 saturated heterocycles. The molecule has 2 aliphatic heterocycles. The van der Waals surface area contributed by atoms with Crippen molar-refractivity contribution in [2.45, 2.75) is 89.4 Å². The van der Waals surface area contributed by atoms with Crippen molar-refractivity contribution in [3.63, 3.8) is 0 Å². The SMILES string of the molecule is CN1[C@H]2CCC[C@H]3N(C(=O)c4cc(C(C)(C)C)[nH]n4)[C@@H](Cc4ccccc4)[C@@H]1C[C@@]23C. The minimum absolute atomic E-state index is 0.0575. The molecule has 1 aliphatic carbocycles. The lowest BCUT2D eigenvalue weighted by Gasteiger charge is -2.53. The zero-order chi connectivity index (χ0) is 22.0. The second kappa shape index (κ2) is 7.19. The van der Waals surface area contributed by atoms with Gasteiger partial charge in [-0.15, -0.1) is 0 Å². The number of rotatable bonds is 3. The van der Waals surface area contributed by atoms with E-state index in [0.29, 0.717) is 17.8 Å². The highest BCUT2D eigenvalue weighted by Gasteiger charge is 2.62. The van der Waals surface area contributed by atoms with E-state index in [1.54, 1.807) is 0 Å². The van der Waals surface area contributed by atoms with Crippen molar-refractivity contribution in [3.05, 3.63) is 53.3 Å². The number of carbonyl (C=O) groups excluding carboxylic acids is 1. The van der Waals surface area contributed by atoms with Crippen molar-refractivity contribution >= 4 is 5.91 Å². The van der Waals surface area contributed by atoms with Gasteiger partial charge in [-0.3, -0.25) is 14.8 Å². The van der Waals surface area contributed by atoms with Crippen LogP contribution < -0.4 is 0 Å². The van der Waals surface area contributed by atoms with Crippen molar-refractivity contribution in [2.24, 2.45) is 5.41 Å². The summed E-state index contributed by atoms with van der Waals surface area (Å²) in [7, 11) is 2.29. The van der Waals surface area contributed by atoms with Crippen molar-refractivity contribution in [3.8, 4) is 0 Å². The molecule has 0 spiro atoms. The molecule has 5 atom stereocenters. The van der Waals surface area contributed by atoms with Gasteiger partial charge in [-0.25, -0.2) is 0 Å². The minimum Gasteiger partial charge on any atom is -0.329 e. The van der Waals surface area contributed by atoms with Crippen molar-refractivity contribution in [1.82, 2.24) is 20.0 Å². The predicted octanol–water partition coefficient (Wildman–Crippen LogP) is 4.41. The zero-order valence-electron chi connectivity index (χ0n) is 19.6. The number of aromatic amines is 1. The highest BCUT2D eigenvalue weighted by atomic mass is 16.2. The van der Waals surface area contributed by atoms with Gasteiger partial charge in [0.1, 0.15) is 5.69 Å². The van der Waals surface area contributed by atoms with E-state index in [4.69, 9.17) is 0 Å². The molecule has 3 fully saturated rings. The Labute approximate surface area is 186 Å². The molecule has 2 bridgehead atoms. The number of aromatic nitrogens is 2. The number of H-pyrrole nitrogens is 1. The molecule has 1 N–H and O–H groups in total. The van der Waals surface area contributed by atoms with Gasteiger partial charge < -0.3 is 4.90 Å². The maximum Gasteiger partial charge on any atom is 0.274 e. The Balaban J connectivity index is 1.56. The molecule has 1 saturated carbocycles. The van der Waals surface area contributed by atoms with Gasteiger partial charge >= 0.3 is 0 Å². The first kappa shape index (κ1) is 20.7. The van der Waals surface area contributed by atoms with Crippen LogP contribution >= 0.6 is 0 Å². The maximum absolute atomic E-state index is 14.0. The summed E-state index contributed by atoms with van der Waals surface area (Å²) < 4.78 is 0. The lowest BCUT2D eigenvalue weighted by molar-refractivity contribution is -0.0115. The lowest BCUT2D eigenvalue weighted by Crippen LogP contribution is -2.62. The van der Waals surface area contributed by atoms with Crippen molar-refractivity contribution in [2.75, 3.05) is 7.05 Å². The van der Waals surface area contributed by atoms with Crippen LogP contribution in [0.5, 0.6) is 0 Å². The van der Waals surface area contributed by atoms with E-state index in [9.17, 15) is 4.79 Å². The predicted molar refractivity (Wildman–Crippen MR) is 123 cm³/mol. The van der Waals surface area contributed by atoms with Crippen LogP contribution in [0.25, 0.3) is 0 Å². The first-order valence-corrected chi connectivity index (χ1v) is 11.8. The first-order chi connectivity index (χ1) is 14.7. The van der Waals surface area contributed by atoms with Crippen LogP contribution in [-0.4, -0.2) is 57.1 Å². The number of nitrogens with one attached hydrogen (secondary N) is 1. The number of carbonyl (C=O) groups is 1. The molecule has 5 rings (SSSR count). The third kappa shape index (κ3) is 3.24. The van der Waals surface area contributed by atoms with Gasteiger partial charge in [0.15, 0.2) is 0 Å². The van der Waals surface area contributed by atoms with E-state index < -0.39 is 0 Å². The number of hydrogen-bond donors (Lipinski definition) is 1. The molecule has 5 nitrogen and oxygen atoms in total. The van der Waals surface area contributed by atoms with E-state index >= 15 is 0 Å². The van der Waals surface area contributed by atoms with Crippen LogP contribution in [0.3, 0.4) is 0 Å². The second-order valence-corrected chi connectivity index (χ2v) is 11.3. The molecule has 1 aromatic heterocycles. The second-order valence-electron chi connectivity index (χ2n) is 11.3. The van der Waals surface area contributed by atoms with Crippen LogP contribution in [0, 0.1) is 5.41 Å². The Morgan fingerprint density at radius 2 is 1.90 bits per heavy atom. The van der Waals surface area contributed by atoms with E-state index in [0.717, 1.165) is 18.5 Å². The number of likely N-dealkylation sites (N-methyl/N-ethyl adjacent to an activating group) is 1. The zero-order valence-corrected chi connectivity index (χ0v) is 19.6. The fourth-order valence-corrected chi connectivity index (χ4v) is 6.76. The van der Waals surface area contributed by atoms with E-state index in [1.165, 1.54) is 24.8 Å². The summed E-state index contributed by atoms with van der Waals surface area (Å²) >= 11 is 0. The van der Waals surface area contributed by atoms with Gasteiger partial charge in [-0.05, 0) is 50.8 Å². The van der Waals surface area contributed by atoms with Crippen LogP contribution in [0.2, 0.25) is 0 Å². The summed E-state index contributed by atoms with van der Waals surface area (Å²) in [5.74, 6) is 0.101. The molecule has 0 unspecified atom stereocenters. The molecule has 0 radical (unpaired) electrons. The quantitative estimate of drug-likeness (QED) is 0.800. The fraction of sp³-hybridized carbons (Fsp3) is 0.615. The van der Waals surface area contributed by atoms with Crippen molar-refractivity contribution in [1.29, 1.82) is 0 Å². The average Bonchev–Trinajstić information content (AvgIpc) is 3.32. The Hall–Kier alpha value is -2.14. The van der Waals surface area contributed by atoms with Crippen LogP contribution in [0.15, 0.2) is 36.4 Å². The molecule has 2 aromatic rings. The Morgan fingerprint density at radius 3 is 2.58 bits per heavy atom. The Bertz CT molecular complexity index is 961. The van der Waals surface area contributed by atoms with E-state index in [1.807, 2.05) is 6.07 Å². The summed E-state index contributed by atoms with van der Waals surface area (Å²) in [4.78, 5) is 18.9. The minimum atomic E-state index is -0.0575. The number of piperidine rings is 1. The molecule has 166 valence electrons. The largest absolute Gasteiger partial charge is 0.329 e. The highest BCUT2D eigenvalue weighted by molar-refractivity contribution is 5.93. The summed E-state index contributed by atoms with van der Waals surface area (Å²) in [5.41, 5.74) is 3.00. The summed E-state index contributed by atoms with van der Waals surface area (Å²) in [5, 5.41) is 7.62.